The second-order valence-electron chi connectivity index (χ2n) is 8.10. The number of amides is 1. The Balaban J connectivity index is 1.68. The second-order valence-corrected chi connectivity index (χ2v) is 8.10. The lowest BCUT2D eigenvalue weighted by atomic mass is 10.0. The van der Waals surface area contributed by atoms with Crippen LogP contribution in [0.3, 0.4) is 0 Å². The minimum Gasteiger partial charge on any atom is -0.353 e. The molecule has 0 aliphatic carbocycles. The molecule has 32 heavy (non-hydrogen) atoms. The van der Waals surface area contributed by atoms with Gasteiger partial charge in [0.05, 0.1) is 17.2 Å². The van der Waals surface area contributed by atoms with Crippen molar-refractivity contribution in [2.45, 2.75) is 45.3 Å². The smallest absolute Gasteiger partial charge is 0.242 e. The van der Waals surface area contributed by atoms with Crippen molar-refractivity contribution in [1.82, 2.24) is 24.9 Å². The van der Waals surface area contributed by atoms with Crippen LogP contribution in [0.5, 0.6) is 0 Å². The van der Waals surface area contributed by atoms with Gasteiger partial charge in [0.1, 0.15) is 23.9 Å². The molecule has 1 saturated heterocycles. The molecule has 0 aromatic carbocycles. The number of carbonyl (C=O) groups is 1. The maximum Gasteiger partial charge on any atom is 0.242 e. The molecule has 0 radical (unpaired) electrons. The predicted molar refractivity (Wildman–Crippen MR) is 119 cm³/mol. The molecule has 1 N–H and O–H groups in total. The van der Waals surface area contributed by atoms with E-state index in [1.54, 1.807) is 22.8 Å². The van der Waals surface area contributed by atoms with Crippen LogP contribution in [0.4, 0.5) is 14.6 Å². The highest BCUT2D eigenvalue weighted by molar-refractivity contribution is 5.85. The van der Waals surface area contributed by atoms with Gasteiger partial charge in [-0.3, -0.25) is 9.78 Å². The standard InChI is InChI=1S/C23H26F2N6O/c1-14(11-18(25)17-5-4-8-26-19(17)12-15(2)24)20-13-28-21-6-7-22(29-31(20)21)30-10-9-27-23(32)16(30)3/h4-8,12-16H,9-11H2,1-3H3,(H,27,32). The number of nitrogens with one attached hydrogen (secondary N) is 1. The third-order valence-electron chi connectivity index (χ3n) is 5.68. The third-order valence-corrected chi connectivity index (χ3v) is 5.68. The summed E-state index contributed by atoms with van der Waals surface area (Å²) in [6.07, 6.45) is 3.38. The van der Waals surface area contributed by atoms with E-state index in [0.717, 1.165) is 5.69 Å². The molecule has 3 atom stereocenters. The molecule has 4 heterocycles. The zero-order valence-corrected chi connectivity index (χ0v) is 18.3. The highest BCUT2D eigenvalue weighted by Gasteiger charge is 2.27. The van der Waals surface area contributed by atoms with Crippen LogP contribution in [0.2, 0.25) is 0 Å². The highest BCUT2D eigenvalue weighted by Crippen LogP contribution is 2.25. The fraction of sp³-hybridized carbons (Fsp3) is 0.391. The number of nitrogens with zero attached hydrogens (tertiary/aromatic N) is 5. The van der Waals surface area contributed by atoms with Crippen LogP contribution in [-0.4, -0.2) is 50.8 Å². The molecule has 1 aliphatic heterocycles. The molecule has 0 spiro atoms. The lowest BCUT2D eigenvalue weighted by molar-refractivity contribution is -0.122. The van der Waals surface area contributed by atoms with Gasteiger partial charge in [-0.05, 0) is 44.2 Å². The molecular formula is C23H26F2N6O. The summed E-state index contributed by atoms with van der Waals surface area (Å²) in [6.45, 7) is 6.32. The first-order chi connectivity index (χ1) is 15.3. The Hall–Kier alpha value is -3.36. The fourth-order valence-corrected chi connectivity index (χ4v) is 3.95. The number of hydrogen-bond acceptors (Lipinski definition) is 5. The number of aromatic nitrogens is 4. The summed E-state index contributed by atoms with van der Waals surface area (Å²) in [5.74, 6) is 0.00756. The van der Waals surface area contributed by atoms with Gasteiger partial charge in [-0.15, -0.1) is 5.10 Å². The number of fused-ring (bicyclic) bond motifs is 1. The zero-order valence-electron chi connectivity index (χ0n) is 18.3. The van der Waals surface area contributed by atoms with Crippen molar-refractivity contribution in [2.24, 2.45) is 0 Å². The van der Waals surface area contributed by atoms with Crippen LogP contribution in [0.1, 0.15) is 38.8 Å². The summed E-state index contributed by atoms with van der Waals surface area (Å²) in [5, 5.41) is 8.13. The van der Waals surface area contributed by atoms with Gasteiger partial charge in [-0.25, -0.2) is 18.3 Å². The largest absolute Gasteiger partial charge is 0.353 e. The molecule has 1 aliphatic rings. The van der Waals surface area contributed by atoms with E-state index >= 15 is 4.39 Å². The van der Waals surface area contributed by atoms with Crippen molar-refractivity contribution in [2.75, 3.05) is 18.0 Å². The summed E-state index contributed by atoms with van der Waals surface area (Å²) in [4.78, 5) is 22.5. The van der Waals surface area contributed by atoms with Gasteiger partial charge in [0.2, 0.25) is 5.91 Å². The number of hydrogen-bond donors (Lipinski definition) is 1. The van der Waals surface area contributed by atoms with Gasteiger partial charge >= 0.3 is 0 Å². The zero-order chi connectivity index (χ0) is 22.8. The van der Waals surface area contributed by atoms with E-state index in [1.807, 2.05) is 30.9 Å². The molecule has 1 fully saturated rings. The SMILES string of the molecule is CC(F)C=c1ncccc1=C(F)CC(C)c1cnc2ccc(N3CCNC(=O)C3C)nn12. The van der Waals surface area contributed by atoms with Crippen LogP contribution in [0.25, 0.3) is 17.6 Å². The first-order valence-electron chi connectivity index (χ1n) is 10.7. The minimum absolute atomic E-state index is 0.0410. The Morgan fingerprint density at radius 3 is 2.91 bits per heavy atom. The van der Waals surface area contributed by atoms with Crippen molar-refractivity contribution in [3.8, 4) is 0 Å². The van der Waals surface area contributed by atoms with E-state index in [-0.39, 0.29) is 30.1 Å². The molecule has 3 unspecified atom stereocenters. The van der Waals surface area contributed by atoms with Crippen LogP contribution in [0.15, 0.2) is 36.7 Å². The van der Waals surface area contributed by atoms with E-state index in [2.05, 4.69) is 15.3 Å². The number of alkyl halides is 1. The molecule has 0 bridgehead atoms. The Labute approximate surface area is 184 Å². The molecule has 7 nitrogen and oxygen atoms in total. The molecule has 9 heteroatoms. The number of carbonyl (C=O) groups excluding carboxylic acids is 1. The topological polar surface area (TPSA) is 75.4 Å². The molecule has 168 valence electrons. The summed E-state index contributed by atoms with van der Waals surface area (Å²) < 4.78 is 30.3. The van der Waals surface area contributed by atoms with Gasteiger partial charge in [0, 0.05) is 36.8 Å². The number of pyridine rings is 1. The van der Waals surface area contributed by atoms with Gasteiger partial charge in [-0.2, -0.15) is 0 Å². The molecular weight excluding hydrogens is 414 g/mol. The fourth-order valence-electron chi connectivity index (χ4n) is 3.95. The summed E-state index contributed by atoms with van der Waals surface area (Å²) >= 11 is 0. The van der Waals surface area contributed by atoms with Gasteiger partial charge < -0.3 is 10.2 Å². The number of imidazole rings is 1. The van der Waals surface area contributed by atoms with Gasteiger partial charge in [0.15, 0.2) is 5.65 Å². The summed E-state index contributed by atoms with van der Waals surface area (Å²) in [6, 6.07) is 6.60. The average molecular weight is 440 g/mol. The van der Waals surface area contributed by atoms with E-state index in [0.29, 0.717) is 35.1 Å². The predicted octanol–water partition coefficient (Wildman–Crippen LogP) is 1.86. The van der Waals surface area contributed by atoms with Crippen molar-refractivity contribution < 1.29 is 13.6 Å². The van der Waals surface area contributed by atoms with Crippen LogP contribution >= 0.6 is 0 Å². The lowest BCUT2D eigenvalue weighted by Crippen LogP contribution is -2.54. The normalized spacial score (nSPS) is 20.3. The van der Waals surface area contributed by atoms with Crippen molar-refractivity contribution >= 4 is 29.3 Å². The number of rotatable bonds is 5. The summed E-state index contributed by atoms with van der Waals surface area (Å²) in [5.41, 5.74) is 1.39. The van der Waals surface area contributed by atoms with Gasteiger partial charge in [-0.1, -0.05) is 6.92 Å². The van der Waals surface area contributed by atoms with Crippen molar-refractivity contribution in [1.29, 1.82) is 0 Å². The minimum atomic E-state index is -1.23. The molecule has 4 rings (SSSR count). The molecule has 1 amide bonds. The Morgan fingerprint density at radius 2 is 2.12 bits per heavy atom. The lowest BCUT2D eigenvalue weighted by Gasteiger charge is -2.33. The quantitative estimate of drug-likeness (QED) is 0.656. The Morgan fingerprint density at radius 1 is 1.31 bits per heavy atom. The first kappa shape index (κ1) is 21.9. The van der Waals surface area contributed by atoms with E-state index in [1.165, 1.54) is 19.2 Å². The second kappa shape index (κ2) is 9.02. The first-order valence-corrected chi connectivity index (χ1v) is 10.7. The molecule has 3 aromatic rings. The monoisotopic (exact) mass is 440 g/mol. The van der Waals surface area contributed by atoms with Crippen LogP contribution in [0, 0.1) is 0 Å². The number of anilines is 1. The highest BCUT2D eigenvalue weighted by atomic mass is 19.1. The maximum atomic E-state index is 15.2. The third kappa shape index (κ3) is 4.32. The molecule has 3 aromatic heterocycles. The van der Waals surface area contributed by atoms with Crippen molar-refractivity contribution in [3.63, 3.8) is 0 Å². The Kier molecular flexibility index (Phi) is 6.16. The van der Waals surface area contributed by atoms with Crippen LogP contribution in [-0.2, 0) is 4.79 Å². The maximum absolute atomic E-state index is 15.2. The van der Waals surface area contributed by atoms with Gasteiger partial charge in [0.25, 0.3) is 0 Å². The van der Waals surface area contributed by atoms with Crippen LogP contribution < -0.4 is 20.8 Å². The molecule has 0 saturated carbocycles. The van der Waals surface area contributed by atoms with E-state index < -0.39 is 6.17 Å². The Bertz CT molecular complexity index is 1250. The number of piperazine rings is 1. The number of halogens is 2. The van der Waals surface area contributed by atoms with E-state index in [4.69, 9.17) is 5.10 Å². The average Bonchev–Trinajstić information content (AvgIpc) is 3.19. The summed E-state index contributed by atoms with van der Waals surface area (Å²) in [7, 11) is 0. The van der Waals surface area contributed by atoms with Crippen molar-refractivity contribution in [3.05, 3.63) is 52.9 Å². The van der Waals surface area contributed by atoms with E-state index in [9.17, 15) is 9.18 Å².